The average molecular weight is 391 g/mol. The molecule has 0 fully saturated rings. The molecule has 0 unspecified atom stereocenters. The lowest BCUT2D eigenvalue weighted by molar-refractivity contribution is 0.0474. The first-order chi connectivity index (χ1) is 13.8. The van der Waals surface area contributed by atoms with Crippen molar-refractivity contribution in [2.24, 2.45) is 0 Å². The minimum Gasteiger partial charge on any atom is -0.459 e. The van der Waals surface area contributed by atoms with Crippen molar-refractivity contribution in [1.82, 2.24) is 0 Å². The van der Waals surface area contributed by atoms with E-state index in [-0.39, 0.29) is 23.7 Å². The number of esters is 1. The van der Waals surface area contributed by atoms with Crippen molar-refractivity contribution in [3.8, 4) is 0 Å². The van der Waals surface area contributed by atoms with Crippen LogP contribution in [0.15, 0.2) is 59.2 Å². The Bertz CT molecular complexity index is 1070. The molecule has 3 aromatic rings. The Kier molecular flexibility index (Phi) is 5.93. The molecule has 29 heavy (non-hydrogen) atoms. The number of aryl methyl sites for hydroxylation is 3. The molecule has 148 valence electrons. The van der Waals surface area contributed by atoms with E-state index in [4.69, 9.17) is 9.15 Å². The van der Waals surface area contributed by atoms with E-state index in [1.54, 1.807) is 43.3 Å². The van der Waals surface area contributed by atoms with Crippen molar-refractivity contribution >= 4 is 23.3 Å². The first kappa shape index (κ1) is 20.1. The maximum atomic E-state index is 12.4. The zero-order valence-electron chi connectivity index (χ0n) is 16.4. The van der Waals surface area contributed by atoms with Gasteiger partial charge in [-0.15, -0.1) is 0 Å². The van der Waals surface area contributed by atoms with Gasteiger partial charge in [-0.2, -0.15) is 0 Å². The van der Waals surface area contributed by atoms with Crippen LogP contribution in [0.2, 0.25) is 0 Å². The van der Waals surface area contributed by atoms with Gasteiger partial charge in [-0.25, -0.2) is 4.79 Å². The van der Waals surface area contributed by atoms with Gasteiger partial charge in [0.2, 0.25) is 0 Å². The summed E-state index contributed by atoms with van der Waals surface area (Å²) in [6, 6.07) is 13.3. The lowest BCUT2D eigenvalue weighted by atomic mass is 10.0. The summed E-state index contributed by atoms with van der Waals surface area (Å²) in [5, 5.41) is 2.70. The van der Waals surface area contributed by atoms with E-state index >= 15 is 0 Å². The first-order valence-corrected chi connectivity index (χ1v) is 9.08. The molecule has 6 nitrogen and oxygen atoms in total. The highest BCUT2D eigenvalue weighted by Gasteiger charge is 2.15. The highest BCUT2D eigenvalue weighted by atomic mass is 16.5. The van der Waals surface area contributed by atoms with Gasteiger partial charge >= 0.3 is 5.97 Å². The van der Waals surface area contributed by atoms with Gasteiger partial charge in [-0.3, -0.25) is 9.59 Å². The van der Waals surface area contributed by atoms with E-state index in [0.29, 0.717) is 11.3 Å². The van der Waals surface area contributed by atoms with Crippen LogP contribution in [0.1, 0.15) is 48.0 Å². The molecule has 2 aromatic carbocycles. The van der Waals surface area contributed by atoms with Crippen LogP contribution in [0.4, 0.5) is 5.69 Å². The van der Waals surface area contributed by atoms with Crippen molar-refractivity contribution in [3.63, 3.8) is 0 Å². The van der Waals surface area contributed by atoms with Gasteiger partial charge in [-0.05, 0) is 67.8 Å². The SMILES string of the molecule is Cc1ccc(C(=O)COC(=O)c2ccc(C)c(NC(=O)c3ccco3)c2)cc1C. The molecule has 0 saturated carbocycles. The molecular formula is C23H21NO5. The molecule has 1 amide bonds. The Hall–Kier alpha value is -3.67. The van der Waals surface area contributed by atoms with Gasteiger partial charge in [0.05, 0.1) is 11.8 Å². The van der Waals surface area contributed by atoms with Crippen LogP contribution in [0.3, 0.4) is 0 Å². The van der Waals surface area contributed by atoms with Crippen molar-refractivity contribution < 1.29 is 23.5 Å². The lowest BCUT2D eigenvalue weighted by Gasteiger charge is -2.10. The average Bonchev–Trinajstić information content (AvgIpc) is 3.24. The number of hydrogen-bond donors (Lipinski definition) is 1. The summed E-state index contributed by atoms with van der Waals surface area (Å²) in [5.41, 5.74) is 4.04. The van der Waals surface area contributed by atoms with Crippen LogP contribution in [0.5, 0.6) is 0 Å². The fourth-order valence-electron chi connectivity index (χ4n) is 2.69. The van der Waals surface area contributed by atoms with Crippen LogP contribution in [-0.4, -0.2) is 24.3 Å². The van der Waals surface area contributed by atoms with Gasteiger partial charge in [-0.1, -0.05) is 18.2 Å². The molecule has 0 aliphatic carbocycles. The third-order valence-corrected chi connectivity index (χ3v) is 4.63. The van der Waals surface area contributed by atoms with Crippen molar-refractivity contribution in [1.29, 1.82) is 0 Å². The summed E-state index contributed by atoms with van der Waals surface area (Å²) in [7, 11) is 0. The molecule has 1 heterocycles. The molecule has 0 spiro atoms. The number of carbonyl (C=O) groups is 3. The van der Waals surface area contributed by atoms with Crippen LogP contribution in [0, 0.1) is 20.8 Å². The zero-order valence-corrected chi connectivity index (χ0v) is 16.4. The molecule has 0 atom stereocenters. The maximum Gasteiger partial charge on any atom is 0.338 e. The summed E-state index contributed by atoms with van der Waals surface area (Å²) in [6.07, 6.45) is 1.40. The molecule has 1 N–H and O–H groups in total. The highest BCUT2D eigenvalue weighted by Crippen LogP contribution is 2.19. The second-order valence-electron chi connectivity index (χ2n) is 6.76. The number of rotatable bonds is 6. The minimum absolute atomic E-state index is 0.163. The molecule has 6 heteroatoms. The summed E-state index contributed by atoms with van der Waals surface area (Å²) in [6.45, 7) is 5.33. The van der Waals surface area contributed by atoms with Crippen LogP contribution in [0.25, 0.3) is 0 Å². The number of hydrogen-bond acceptors (Lipinski definition) is 5. The Morgan fingerprint density at radius 1 is 0.897 bits per heavy atom. The molecule has 0 bridgehead atoms. The van der Waals surface area contributed by atoms with Gasteiger partial charge in [0.25, 0.3) is 5.91 Å². The number of benzene rings is 2. The molecule has 3 rings (SSSR count). The summed E-state index contributed by atoms with van der Waals surface area (Å²) >= 11 is 0. The third kappa shape index (κ3) is 4.79. The number of ether oxygens (including phenoxy) is 1. The number of anilines is 1. The normalized spacial score (nSPS) is 10.4. The number of Topliss-reactive ketones (excluding diaryl/α,β-unsaturated/α-hetero) is 1. The van der Waals surface area contributed by atoms with Gasteiger partial charge in [0.15, 0.2) is 18.2 Å². The summed E-state index contributed by atoms with van der Waals surface area (Å²) in [4.78, 5) is 36.8. The fraction of sp³-hybridized carbons (Fsp3) is 0.174. The van der Waals surface area contributed by atoms with Crippen molar-refractivity contribution in [2.45, 2.75) is 20.8 Å². The van der Waals surface area contributed by atoms with Crippen molar-refractivity contribution in [2.75, 3.05) is 11.9 Å². The minimum atomic E-state index is -0.643. The number of amides is 1. The molecule has 0 aliphatic rings. The van der Waals surface area contributed by atoms with E-state index in [0.717, 1.165) is 16.7 Å². The molecule has 0 aliphatic heterocycles. The first-order valence-electron chi connectivity index (χ1n) is 9.08. The second kappa shape index (κ2) is 8.56. The van der Waals surface area contributed by atoms with E-state index in [1.165, 1.54) is 12.3 Å². The predicted octanol–water partition coefficient (Wildman–Crippen LogP) is 4.50. The van der Waals surface area contributed by atoms with Gasteiger partial charge in [0.1, 0.15) is 0 Å². The van der Waals surface area contributed by atoms with E-state index in [9.17, 15) is 14.4 Å². The second-order valence-corrected chi connectivity index (χ2v) is 6.76. The van der Waals surface area contributed by atoms with E-state index in [1.807, 2.05) is 19.9 Å². The smallest absolute Gasteiger partial charge is 0.338 e. The van der Waals surface area contributed by atoms with Gasteiger partial charge in [0, 0.05) is 11.3 Å². The largest absolute Gasteiger partial charge is 0.459 e. The third-order valence-electron chi connectivity index (χ3n) is 4.63. The molecular weight excluding hydrogens is 370 g/mol. The number of furan rings is 1. The Morgan fingerprint density at radius 2 is 1.62 bits per heavy atom. The fourth-order valence-corrected chi connectivity index (χ4v) is 2.69. The quantitative estimate of drug-likeness (QED) is 0.494. The number of nitrogens with one attached hydrogen (secondary N) is 1. The highest BCUT2D eigenvalue weighted by molar-refractivity contribution is 6.04. The number of ketones is 1. The van der Waals surface area contributed by atoms with E-state index in [2.05, 4.69) is 5.32 Å². The lowest BCUT2D eigenvalue weighted by Crippen LogP contribution is -2.16. The number of carbonyl (C=O) groups excluding carboxylic acids is 3. The summed E-state index contributed by atoms with van der Waals surface area (Å²) < 4.78 is 10.2. The Balaban J connectivity index is 1.66. The Labute approximate surface area is 168 Å². The van der Waals surface area contributed by atoms with Crippen LogP contribution < -0.4 is 5.32 Å². The monoisotopic (exact) mass is 391 g/mol. The van der Waals surface area contributed by atoms with Crippen molar-refractivity contribution in [3.05, 3.63) is 88.4 Å². The van der Waals surface area contributed by atoms with Crippen LogP contribution in [-0.2, 0) is 4.74 Å². The van der Waals surface area contributed by atoms with E-state index < -0.39 is 11.9 Å². The Morgan fingerprint density at radius 3 is 2.31 bits per heavy atom. The predicted molar refractivity (Wildman–Crippen MR) is 108 cm³/mol. The topological polar surface area (TPSA) is 85.6 Å². The molecule has 0 saturated heterocycles. The van der Waals surface area contributed by atoms with Crippen LogP contribution >= 0.6 is 0 Å². The van der Waals surface area contributed by atoms with Gasteiger partial charge < -0.3 is 14.5 Å². The standard InChI is InChI=1S/C23H21NO5/c1-14-6-8-17(11-16(14)3)20(25)13-29-23(27)18-9-7-15(2)19(12-18)24-22(26)21-5-4-10-28-21/h4-12H,13H2,1-3H3,(H,24,26). The maximum absolute atomic E-state index is 12.4. The molecule has 1 aromatic heterocycles. The summed E-state index contributed by atoms with van der Waals surface area (Å²) in [5.74, 6) is -1.18. The molecule has 0 radical (unpaired) electrons. The zero-order chi connectivity index (χ0) is 21.0.